The summed E-state index contributed by atoms with van der Waals surface area (Å²) in [5, 5.41) is 3.69. The summed E-state index contributed by atoms with van der Waals surface area (Å²) in [6.07, 6.45) is 9.87. The summed E-state index contributed by atoms with van der Waals surface area (Å²) < 4.78 is 0. The second-order valence-electron chi connectivity index (χ2n) is 7.05. The molecule has 0 bridgehead atoms. The van der Waals surface area contributed by atoms with Crippen molar-refractivity contribution < 1.29 is 0 Å². The van der Waals surface area contributed by atoms with Crippen molar-refractivity contribution in [2.45, 2.75) is 77.8 Å². The molecule has 1 saturated heterocycles. The molecule has 19 heavy (non-hydrogen) atoms. The van der Waals surface area contributed by atoms with Gasteiger partial charge in [0.2, 0.25) is 0 Å². The summed E-state index contributed by atoms with van der Waals surface area (Å²) in [5.74, 6) is 1.78. The van der Waals surface area contributed by atoms with Gasteiger partial charge in [-0.1, -0.05) is 33.6 Å². The second kappa shape index (κ2) is 7.64. The van der Waals surface area contributed by atoms with Crippen LogP contribution in [-0.4, -0.2) is 36.6 Å². The highest BCUT2D eigenvalue weighted by atomic mass is 15.2. The van der Waals surface area contributed by atoms with Gasteiger partial charge in [0.05, 0.1) is 0 Å². The van der Waals surface area contributed by atoms with Gasteiger partial charge in [0.1, 0.15) is 0 Å². The molecule has 2 nitrogen and oxygen atoms in total. The zero-order chi connectivity index (χ0) is 13.7. The van der Waals surface area contributed by atoms with Crippen molar-refractivity contribution in [3.05, 3.63) is 0 Å². The lowest BCUT2D eigenvalue weighted by atomic mass is 9.77. The van der Waals surface area contributed by atoms with Crippen LogP contribution in [0, 0.1) is 11.8 Å². The van der Waals surface area contributed by atoms with Crippen molar-refractivity contribution in [1.82, 2.24) is 10.2 Å². The number of nitrogens with zero attached hydrogens (tertiary/aromatic N) is 1. The molecular weight excluding hydrogens is 232 g/mol. The highest BCUT2D eigenvalue weighted by molar-refractivity contribution is 4.88. The molecule has 2 fully saturated rings. The molecule has 2 rings (SSSR count). The van der Waals surface area contributed by atoms with Gasteiger partial charge in [0.15, 0.2) is 0 Å². The molecule has 0 aromatic carbocycles. The van der Waals surface area contributed by atoms with Crippen LogP contribution in [-0.2, 0) is 0 Å². The van der Waals surface area contributed by atoms with Crippen LogP contribution < -0.4 is 5.32 Å². The van der Waals surface area contributed by atoms with Crippen LogP contribution in [0.15, 0.2) is 0 Å². The first-order chi connectivity index (χ1) is 9.22. The number of rotatable bonds is 6. The molecule has 1 aliphatic heterocycles. The van der Waals surface area contributed by atoms with E-state index in [2.05, 4.69) is 31.0 Å². The number of hydrogen-bond acceptors (Lipinski definition) is 2. The Morgan fingerprint density at radius 2 is 1.89 bits per heavy atom. The first-order valence-corrected chi connectivity index (χ1v) is 8.69. The van der Waals surface area contributed by atoms with Crippen LogP contribution >= 0.6 is 0 Å². The van der Waals surface area contributed by atoms with E-state index in [1.165, 1.54) is 64.6 Å². The predicted octanol–water partition coefficient (Wildman–Crippen LogP) is 3.67. The molecular formula is C17H34N2. The van der Waals surface area contributed by atoms with E-state index in [4.69, 9.17) is 0 Å². The molecule has 0 radical (unpaired) electrons. The quantitative estimate of drug-likeness (QED) is 0.789. The first-order valence-electron chi connectivity index (χ1n) is 8.69. The average Bonchev–Trinajstić information content (AvgIpc) is 2.91. The van der Waals surface area contributed by atoms with Crippen molar-refractivity contribution >= 4 is 0 Å². The Labute approximate surface area is 120 Å². The van der Waals surface area contributed by atoms with Crippen molar-refractivity contribution in [1.29, 1.82) is 0 Å². The monoisotopic (exact) mass is 266 g/mol. The van der Waals surface area contributed by atoms with E-state index in [9.17, 15) is 0 Å². The van der Waals surface area contributed by atoms with E-state index in [0.29, 0.717) is 0 Å². The Balaban J connectivity index is 1.97. The maximum atomic E-state index is 3.69. The highest BCUT2D eigenvalue weighted by Crippen LogP contribution is 2.34. The predicted molar refractivity (Wildman–Crippen MR) is 83.5 cm³/mol. The van der Waals surface area contributed by atoms with Gasteiger partial charge in [-0.2, -0.15) is 0 Å². The van der Waals surface area contributed by atoms with Crippen molar-refractivity contribution in [2.24, 2.45) is 11.8 Å². The van der Waals surface area contributed by atoms with E-state index < -0.39 is 0 Å². The molecule has 0 aromatic rings. The number of hydrogen-bond donors (Lipinski definition) is 1. The van der Waals surface area contributed by atoms with Gasteiger partial charge in [0.25, 0.3) is 0 Å². The zero-order valence-corrected chi connectivity index (χ0v) is 13.3. The third-order valence-corrected chi connectivity index (χ3v) is 5.23. The fourth-order valence-electron chi connectivity index (χ4n) is 4.25. The van der Waals surface area contributed by atoms with Crippen LogP contribution in [0.1, 0.15) is 65.7 Å². The van der Waals surface area contributed by atoms with E-state index in [-0.39, 0.29) is 0 Å². The SMILES string of the molecule is CCCN(CC1CCCN1)C1CCCCC1C(C)C. The van der Waals surface area contributed by atoms with Crippen molar-refractivity contribution in [3.63, 3.8) is 0 Å². The maximum Gasteiger partial charge on any atom is 0.0195 e. The first kappa shape index (κ1) is 15.3. The molecule has 1 N–H and O–H groups in total. The summed E-state index contributed by atoms with van der Waals surface area (Å²) in [6, 6.07) is 1.62. The van der Waals surface area contributed by atoms with E-state index >= 15 is 0 Å². The van der Waals surface area contributed by atoms with E-state index in [1.54, 1.807) is 0 Å². The lowest BCUT2D eigenvalue weighted by Crippen LogP contribution is -2.49. The summed E-state index contributed by atoms with van der Waals surface area (Å²) in [6.45, 7) is 11.0. The molecule has 0 aromatic heterocycles. The van der Waals surface area contributed by atoms with Gasteiger partial charge >= 0.3 is 0 Å². The molecule has 1 heterocycles. The van der Waals surface area contributed by atoms with Crippen LogP contribution in [0.5, 0.6) is 0 Å². The summed E-state index contributed by atoms with van der Waals surface area (Å²) in [4.78, 5) is 2.84. The second-order valence-corrected chi connectivity index (χ2v) is 7.05. The van der Waals surface area contributed by atoms with Crippen molar-refractivity contribution in [3.8, 4) is 0 Å². The van der Waals surface area contributed by atoms with Gasteiger partial charge in [-0.3, -0.25) is 4.90 Å². The summed E-state index contributed by atoms with van der Waals surface area (Å²) in [5.41, 5.74) is 0. The third kappa shape index (κ3) is 4.19. The summed E-state index contributed by atoms with van der Waals surface area (Å²) in [7, 11) is 0. The average molecular weight is 266 g/mol. The van der Waals surface area contributed by atoms with Crippen LogP contribution in [0.4, 0.5) is 0 Å². The molecule has 1 aliphatic carbocycles. The van der Waals surface area contributed by atoms with Gasteiger partial charge in [-0.05, 0) is 57.0 Å². The molecule has 2 heteroatoms. The standard InChI is InChI=1S/C17H34N2/c1-4-12-19(13-15-8-7-11-18-15)17-10-6-5-9-16(17)14(2)3/h14-18H,4-13H2,1-3H3. The normalized spacial score (nSPS) is 32.4. The summed E-state index contributed by atoms with van der Waals surface area (Å²) >= 11 is 0. The number of nitrogens with one attached hydrogen (secondary N) is 1. The Hall–Kier alpha value is -0.0800. The molecule has 1 saturated carbocycles. The largest absolute Gasteiger partial charge is 0.313 e. The molecule has 3 unspecified atom stereocenters. The van der Waals surface area contributed by atoms with Gasteiger partial charge in [-0.15, -0.1) is 0 Å². The molecule has 3 atom stereocenters. The Bertz CT molecular complexity index is 246. The minimum absolute atomic E-state index is 0.765. The molecule has 0 amide bonds. The van der Waals surface area contributed by atoms with Crippen LogP contribution in [0.2, 0.25) is 0 Å². The molecule has 112 valence electrons. The Morgan fingerprint density at radius 3 is 2.53 bits per heavy atom. The molecule has 2 aliphatic rings. The third-order valence-electron chi connectivity index (χ3n) is 5.23. The molecule has 0 spiro atoms. The van der Waals surface area contributed by atoms with E-state index in [0.717, 1.165) is 23.9 Å². The topological polar surface area (TPSA) is 15.3 Å². The van der Waals surface area contributed by atoms with Gasteiger partial charge in [-0.25, -0.2) is 0 Å². The smallest absolute Gasteiger partial charge is 0.0195 e. The minimum Gasteiger partial charge on any atom is -0.313 e. The fraction of sp³-hybridized carbons (Fsp3) is 1.00. The maximum absolute atomic E-state index is 3.69. The van der Waals surface area contributed by atoms with E-state index in [1.807, 2.05) is 0 Å². The van der Waals surface area contributed by atoms with Gasteiger partial charge < -0.3 is 5.32 Å². The lowest BCUT2D eigenvalue weighted by molar-refractivity contribution is 0.0717. The Kier molecular flexibility index (Phi) is 6.15. The fourth-order valence-corrected chi connectivity index (χ4v) is 4.25. The Morgan fingerprint density at radius 1 is 1.11 bits per heavy atom. The van der Waals surface area contributed by atoms with Crippen LogP contribution in [0.3, 0.4) is 0 Å². The zero-order valence-electron chi connectivity index (χ0n) is 13.3. The van der Waals surface area contributed by atoms with Crippen molar-refractivity contribution in [2.75, 3.05) is 19.6 Å². The van der Waals surface area contributed by atoms with Gasteiger partial charge in [0, 0.05) is 18.6 Å². The minimum atomic E-state index is 0.765. The highest BCUT2D eigenvalue weighted by Gasteiger charge is 2.32. The lowest BCUT2D eigenvalue weighted by Gasteiger charge is -2.43. The van der Waals surface area contributed by atoms with Crippen LogP contribution in [0.25, 0.3) is 0 Å².